The SMILES string of the molecule is CCN1C(=O)[C@@H](C(=O)[C@@H](NC(=O)OC(C)(C)C)C(C)C)[C@H](C)C1=O. The third kappa shape index (κ3) is 4.33. The number of amides is 3. The topological polar surface area (TPSA) is 92.8 Å². The molecule has 1 N–H and O–H groups in total. The van der Waals surface area contributed by atoms with Crippen LogP contribution in [-0.4, -0.2) is 46.8 Å². The first-order chi connectivity index (χ1) is 10.9. The van der Waals surface area contributed by atoms with Gasteiger partial charge in [-0.1, -0.05) is 20.8 Å². The smallest absolute Gasteiger partial charge is 0.408 e. The number of nitrogens with zero attached hydrogens (tertiary/aromatic N) is 1. The lowest BCUT2D eigenvalue weighted by Gasteiger charge is -2.26. The zero-order valence-electron chi connectivity index (χ0n) is 15.5. The minimum absolute atomic E-state index is 0.234. The van der Waals surface area contributed by atoms with Crippen molar-refractivity contribution in [1.82, 2.24) is 10.2 Å². The zero-order chi connectivity index (χ0) is 18.8. The molecule has 1 rings (SSSR count). The number of ketones is 1. The van der Waals surface area contributed by atoms with Gasteiger partial charge in [0.15, 0.2) is 5.78 Å². The molecule has 0 aromatic carbocycles. The highest BCUT2D eigenvalue weighted by Gasteiger charge is 2.50. The van der Waals surface area contributed by atoms with E-state index in [1.165, 1.54) is 0 Å². The zero-order valence-corrected chi connectivity index (χ0v) is 15.5. The van der Waals surface area contributed by atoms with Gasteiger partial charge in [0.1, 0.15) is 11.5 Å². The summed E-state index contributed by atoms with van der Waals surface area (Å²) in [6, 6.07) is -0.888. The van der Waals surface area contributed by atoms with E-state index in [2.05, 4.69) is 5.32 Å². The summed E-state index contributed by atoms with van der Waals surface area (Å²) in [4.78, 5) is 50.4. The van der Waals surface area contributed by atoms with Crippen LogP contribution in [-0.2, 0) is 19.1 Å². The van der Waals surface area contributed by atoms with E-state index in [-0.39, 0.29) is 18.4 Å². The maximum Gasteiger partial charge on any atom is 0.408 e. The second kappa shape index (κ2) is 7.32. The van der Waals surface area contributed by atoms with Gasteiger partial charge >= 0.3 is 6.09 Å². The van der Waals surface area contributed by atoms with Gasteiger partial charge < -0.3 is 10.1 Å². The molecule has 3 amide bonds. The Balaban J connectivity index is 2.97. The summed E-state index contributed by atoms with van der Waals surface area (Å²) in [5.41, 5.74) is -0.694. The average molecular weight is 340 g/mol. The van der Waals surface area contributed by atoms with Gasteiger partial charge in [0.2, 0.25) is 11.8 Å². The number of hydrogen-bond acceptors (Lipinski definition) is 5. The van der Waals surface area contributed by atoms with Gasteiger partial charge in [-0.3, -0.25) is 19.3 Å². The molecule has 3 atom stereocenters. The molecule has 0 aliphatic carbocycles. The van der Waals surface area contributed by atoms with E-state index in [9.17, 15) is 19.2 Å². The summed E-state index contributed by atoms with van der Waals surface area (Å²) < 4.78 is 5.18. The van der Waals surface area contributed by atoms with Crippen molar-refractivity contribution in [2.45, 2.75) is 60.1 Å². The Bertz CT molecular complexity index is 536. The van der Waals surface area contributed by atoms with Crippen LogP contribution in [0, 0.1) is 17.8 Å². The fourth-order valence-electron chi connectivity index (χ4n) is 2.75. The van der Waals surface area contributed by atoms with Crippen molar-refractivity contribution < 1.29 is 23.9 Å². The van der Waals surface area contributed by atoms with Gasteiger partial charge in [-0.25, -0.2) is 4.79 Å². The molecule has 1 fully saturated rings. The molecule has 1 heterocycles. The van der Waals surface area contributed by atoms with Crippen molar-refractivity contribution in [1.29, 1.82) is 0 Å². The van der Waals surface area contributed by atoms with E-state index in [0.29, 0.717) is 0 Å². The van der Waals surface area contributed by atoms with Gasteiger partial charge in [-0.15, -0.1) is 0 Å². The average Bonchev–Trinajstić information content (AvgIpc) is 2.63. The molecule has 7 nitrogen and oxygen atoms in total. The normalized spacial score (nSPS) is 22.8. The Hall–Kier alpha value is -1.92. The molecule has 0 aromatic rings. The van der Waals surface area contributed by atoms with Crippen LogP contribution in [0.4, 0.5) is 4.79 Å². The largest absolute Gasteiger partial charge is 0.444 e. The number of rotatable bonds is 5. The first-order valence-corrected chi connectivity index (χ1v) is 8.29. The predicted octanol–water partition coefficient (Wildman–Crippen LogP) is 1.75. The molecule has 1 aliphatic heterocycles. The van der Waals surface area contributed by atoms with E-state index in [1.54, 1.807) is 48.5 Å². The fraction of sp³-hybridized carbons (Fsp3) is 0.765. The number of carbonyl (C=O) groups excluding carboxylic acids is 4. The van der Waals surface area contributed by atoms with E-state index in [4.69, 9.17) is 4.74 Å². The summed E-state index contributed by atoms with van der Waals surface area (Å²) >= 11 is 0. The van der Waals surface area contributed by atoms with E-state index < -0.39 is 41.3 Å². The molecule has 1 saturated heterocycles. The Kier molecular flexibility index (Phi) is 6.14. The minimum atomic E-state index is -1.06. The third-order valence-corrected chi connectivity index (χ3v) is 3.96. The van der Waals surface area contributed by atoms with Crippen LogP contribution in [0.5, 0.6) is 0 Å². The van der Waals surface area contributed by atoms with Gasteiger partial charge in [0, 0.05) is 6.54 Å². The van der Waals surface area contributed by atoms with Crippen LogP contribution in [0.1, 0.15) is 48.5 Å². The highest BCUT2D eigenvalue weighted by Crippen LogP contribution is 2.28. The number of Topliss-reactive ketones (excluding diaryl/α,β-unsaturated/α-hetero) is 1. The quantitative estimate of drug-likeness (QED) is 0.608. The molecule has 0 bridgehead atoms. The summed E-state index contributed by atoms with van der Waals surface area (Å²) in [7, 11) is 0. The Labute approximate surface area is 143 Å². The molecule has 0 saturated carbocycles. The Morgan fingerprint density at radius 1 is 1.21 bits per heavy atom. The van der Waals surface area contributed by atoms with Crippen LogP contribution in [0.15, 0.2) is 0 Å². The highest BCUT2D eigenvalue weighted by molar-refractivity contribution is 6.16. The molecular weight excluding hydrogens is 312 g/mol. The molecule has 136 valence electrons. The highest BCUT2D eigenvalue weighted by atomic mass is 16.6. The molecule has 0 unspecified atom stereocenters. The van der Waals surface area contributed by atoms with Crippen molar-refractivity contribution >= 4 is 23.7 Å². The maximum atomic E-state index is 12.8. The molecule has 0 spiro atoms. The lowest BCUT2D eigenvalue weighted by molar-refractivity contribution is -0.141. The van der Waals surface area contributed by atoms with Crippen molar-refractivity contribution in [2.24, 2.45) is 17.8 Å². The van der Waals surface area contributed by atoms with Gasteiger partial charge in [0.25, 0.3) is 0 Å². The molecule has 24 heavy (non-hydrogen) atoms. The third-order valence-electron chi connectivity index (χ3n) is 3.96. The minimum Gasteiger partial charge on any atom is -0.444 e. The lowest BCUT2D eigenvalue weighted by atomic mass is 9.85. The van der Waals surface area contributed by atoms with Crippen LogP contribution in [0.2, 0.25) is 0 Å². The molecule has 0 radical (unpaired) electrons. The van der Waals surface area contributed by atoms with Gasteiger partial charge in [0.05, 0.1) is 12.0 Å². The van der Waals surface area contributed by atoms with Crippen LogP contribution in [0.25, 0.3) is 0 Å². The number of alkyl carbamates (subject to hydrolysis) is 1. The molecular formula is C17H28N2O5. The number of imide groups is 1. The second-order valence-corrected chi connectivity index (χ2v) is 7.46. The number of hydrogen-bond donors (Lipinski definition) is 1. The second-order valence-electron chi connectivity index (χ2n) is 7.46. The summed E-state index contributed by atoms with van der Waals surface area (Å²) in [5, 5.41) is 2.55. The predicted molar refractivity (Wildman–Crippen MR) is 88.1 cm³/mol. The number of nitrogens with one attached hydrogen (secondary N) is 1. The summed E-state index contributed by atoms with van der Waals surface area (Å²) in [6.45, 7) is 12.2. The lowest BCUT2D eigenvalue weighted by Crippen LogP contribution is -2.50. The first-order valence-electron chi connectivity index (χ1n) is 8.29. The first kappa shape index (κ1) is 20.1. The number of carbonyl (C=O) groups is 4. The van der Waals surface area contributed by atoms with Gasteiger partial charge in [-0.2, -0.15) is 0 Å². The van der Waals surface area contributed by atoms with E-state index in [1.807, 2.05) is 0 Å². The number of likely N-dealkylation sites (tertiary alicyclic amines) is 1. The van der Waals surface area contributed by atoms with Crippen LogP contribution in [0.3, 0.4) is 0 Å². The van der Waals surface area contributed by atoms with Crippen molar-refractivity contribution in [3.63, 3.8) is 0 Å². The van der Waals surface area contributed by atoms with E-state index >= 15 is 0 Å². The fourth-order valence-corrected chi connectivity index (χ4v) is 2.75. The van der Waals surface area contributed by atoms with Crippen molar-refractivity contribution in [3.05, 3.63) is 0 Å². The molecule has 7 heteroatoms. The van der Waals surface area contributed by atoms with Gasteiger partial charge in [-0.05, 0) is 33.6 Å². The summed E-state index contributed by atoms with van der Waals surface area (Å²) in [5.74, 6) is -3.29. The Morgan fingerprint density at radius 2 is 1.75 bits per heavy atom. The maximum absolute atomic E-state index is 12.8. The molecule has 0 aromatic heterocycles. The monoisotopic (exact) mass is 340 g/mol. The van der Waals surface area contributed by atoms with Crippen molar-refractivity contribution in [2.75, 3.05) is 6.54 Å². The Morgan fingerprint density at radius 3 is 2.12 bits per heavy atom. The van der Waals surface area contributed by atoms with Crippen LogP contribution >= 0.6 is 0 Å². The van der Waals surface area contributed by atoms with Crippen molar-refractivity contribution in [3.8, 4) is 0 Å². The number of ether oxygens (including phenoxy) is 1. The van der Waals surface area contributed by atoms with Crippen LogP contribution < -0.4 is 5.32 Å². The van der Waals surface area contributed by atoms with E-state index in [0.717, 1.165) is 4.90 Å². The standard InChI is InChI=1S/C17H28N2O5/c1-8-19-14(21)10(4)11(15(19)22)13(20)12(9(2)3)18-16(23)24-17(5,6)7/h9-12H,8H2,1-7H3,(H,18,23)/t10-,11+,12-/m0/s1. The molecule has 1 aliphatic rings. The summed E-state index contributed by atoms with van der Waals surface area (Å²) in [6.07, 6.45) is -0.716.